The highest BCUT2D eigenvalue weighted by Crippen LogP contribution is 2.39. The number of nitrogens with zero attached hydrogens (tertiary/aromatic N) is 2. The van der Waals surface area contributed by atoms with Crippen molar-refractivity contribution in [3.05, 3.63) is 30.0 Å². The first-order chi connectivity index (χ1) is 9.64. The Labute approximate surface area is 120 Å². The highest BCUT2D eigenvalue weighted by atomic mass is 16.1. The molecule has 0 N–H and O–H groups in total. The van der Waals surface area contributed by atoms with Crippen molar-refractivity contribution in [1.82, 2.24) is 9.78 Å². The molecule has 3 rings (SSSR count). The van der Waals surface area contributed by atoms with E-state index in [1.807, 2.05) is 16.8 Å². The molecule has 1 heterocycles. The number of rotatable bonds is 4. The van der Waals surface area contributed by atoms with Gasteiger partial charge in [0.1, 0.15) is 5.78 Å². The number of hydrogen-bond acceptors (Lipinski definition) is 2. The molecule has 1 aliphatic rings. The summed E-state index contributed by atoms with van der Waals surface area (Å²) >= 11 is 0. The first-order valence-electron chi connectivity index (χ1n) is 7.62. The van der Waals surface area contributed by atoms with E-state index in [0.29, 0.717) is 12.2 Å². The third-order valence-electron chi connectivity index (χ3n) is 4.74. The van der Waals surface area contributed by atoms with Gasteiger partial charge >= 0.3 is 0 Å². The molecule has 0 amide bonds. The zero-order valence-electron chi connectivity index (χ0n) is 12.4. The molecule has 0 spiro atoms. The number of ketones is 1. The fourth-order valence-corrected chi connectivity index (χ4v) is 3.37. The quantitative estimate of drug-likeness (QED) is 0.848. The lowest BCUT2D eigenvalue weighted by Crippen LogP contribution is -2.26. The number of fused-ring (bicyclic) bond motifs is 1. The molecule has 20 heavy (non-hydrogen) atoms. The van der Waals surface area contributed by atoms with Gasteiger partial charge in [0.15, 0.2) is 0 Å². The number of Topliss-reactive ketones (excluding diaryl/α,β-unsaturated/α-hetero) is 1. The summed E-state index contributed by atoms with van der Waals surface area (Å²) in [5.74, 6) is 0.363. The van der Waals surface area contributed by atoms with Crippen LogP contribution in [0.4, 0.5) is 0 Å². The Balaban J connectivity index is 1.93. The molecule has 1 aliphatic carbocycles. The van der Waals surface area contributed by atoms with Crippen LogP contribution in [0.3, 0.4) is 0 Å². The molecule has 0 atom stereocenters. The van der Waals surface area contributed by atoms with Gasteiger partial charge < -0.3 is 0 Å². The maximum atomic E-state index is 12.6. The molecular weight excluding hydrogens is 248 g/mol. The van der Waals surface area contributed by atoms with Crippen LogP contribution in [0, 0.1) is 5.41 Å². The van der Waals surface area contributed by atoms with Gasteiger partial charge in [0.25, 0.3) is 0 Å². The molecule has 1 aromatic heterocycles. The zero-order chi connectivity index (χ0) is 14.2. The fourth-order valence-electron chi connectivity index (χ4n) is 3.37. The summed E-state index contributed by atoms with van der Waals surface area (Å²) in [4.78, 5) is 12.6. The highest BCUT2D eigenvalue weighted by Gasteiger charge is 2.36. The minimum atomic E-state index is -0.114. The van der Waals surface area contributed by atoms with Crippen LogP contribution in [0.1, 0.15) is 45.2 Å². The van der Waals surface area contributed by atoms with Crippen molar-refractivity contribution in [2.75, 3.05) is 0 Å². The number of aryl methyl sites for hydroxylation is 1. The van der Waals surface area contributed by atoms with Crippen molar-refractivity contribution in [2.45, 2.75) is 52.5 Å². The van der Waals surface area contributed by atoms with Gasteiger partial charge in [-0.2, -0.15) is 5.10 Å². The van der Waals surface area contributed by atoms with Gasteiger partial charge in [-0.1, -0.05) is 38.0 Å². The monoisotopic (exact) mass is 270 g/mol. The Kier molecular flexibility index (Phi) is 3.36. The SMILES string of the molecule is CCn1nc(CC(=O)C2(C)CCCC2)c2ccccc21. The van der Waals surface area contributed by atoms with Gasteiger partial charge in [-0.05, 0) is 25.8 Å². The predicted octanol–water partition coefficient (Wildman–Crippen LogP) is 3.75. The zero-order valence-corrected chi connectivity index (χ0v) is 12.4. The molecule has 1 saturated carbocycles. The topological polar surface area (TPSA) is 34.9 Å². The molecular formula is C17H22N2O. The van der Waals surface area contributed by atoms with Gasteiger partial charge in [-0.15, -0.1) is 0 Å². The maximum Gasteiger partial charge on any atom is 0.144 e. The van der Waals surface area contributed by atoms with Crippen molar-refractivity contribution >= 4 is 16.7 Å². The van der Waals surface area contributed by atoms with E-state index in [1.165, 1.54) is 12.8 Å². The Hall–Kier alpha value is -1.64. The fraction of sp³-hybridized carbons (Fsp3) is 0.529. The standard InChI is InChI=1S/C17H22N2O/c1-3-19-15-9-5-4-8-13(15)14(18-19)12-16(20)17(2)10-6-7-11-17/h4-5,8-9H,3,6-7,10-12H2,1-2H3. The Morgan fingerprint density at radius 2 is 2.00 bits per heavy atom. The van der Waals surface area contributed by atoms with Crippen molar-refractivity contribution in [2.24, 2.45) is 5.41 Å². The Bertz CT molecular complexity index is 635. The summed E-state index contributed by atoms with van der Waals surface area (Å²) < 4.78 is 1.99. The van der Waals surface area contributed by atoms with Crippen LogP contribution in [0.2, 0.25) is 0 Å². The first kappa shape index (κ1) is 13.3. The molecule has 0 unspecified atom stereocenters. The largest absolute Gasteiger partial charge is 0.299 e. The highest BCUT2D eigenvalue weighted by molar-refractivity contribution is 5.91. The van der Waals surface area contributed by atoms with E-state index in [2.05, 4.69) is 31.1 Å². The summed E-state index contributed by atoms with van der Waals surface area (Å²) in [6.45, 7) is 5.05. The lowest BCUT2D eigenvalue weighted by atomic mass is 9.82. The molecule has 3 heteroatoms. The lowest BCUT2D eigenvalue weighted by Gasteiger charge is -2.21. The second-order valence-electron chi connectivity index (χ2n) is 6.15. The smallest absolute Gasteiger partial charge is 0.144 e. The van der Waals surface area contributed by atoms with Crippen molar-refractivity contribution < 1.29 is 4.79 Å². The molecule has 0 bridgehead atoms. The number of carbonyl (C=O) groups excluding carboxylic acids is 1. The van der Waals surface area contributed by atoms with E-state index in [9.17, 15) is 4.79 Å². The van der Waals surface area contributed by atoms with Crippen LogP contribution in [-0.4, -0.2) is 15.6 Å². The number of carbonyl (C=O) groups is 1. The molecule has 0 radical (unpaired) electrons. The minimum absolute atomic E-state index is 0.114. The first-order valence-corrected chi connectivity index (χ1v) is 7.62. The van der Waals surface area contributed by atoms with Crippen molar-refractivity contribution in [1.29, 1.82) is 0 Å². The van der Waals surface area contributed by atoms with Crippen LogP contribution in [0.15, 0.2) is 24.3 Å². The molecule has 0 saturated heterocycles. The van der Waals surface area contributed by atoms with Crippen LogP contribution >= 0.6 is 0 Å². The third kappa shape index (κ3) is 2.15. The summed E-state index contributed by atoms with van der Waals surface area (Å²) in [6, 6.07) is 8.21. The van der Waals surface area contributed by atoms with Gasteiger partial charge in [-0.3, -0.25) is 9.48 Å². The number of hydrogen-bond donors (Lipinski definition) is 0. The number of para-hydroxylation sites is 1. The number of benzene rings is 1. The van der Waals surface area contributed by atoms with Gasteiger partial charge in [0.05, 0.1) is 17.6 Å². The van der Waals surface area contributed by atoms with E-state index < -0.39 is 0 Å². The van der Waals surface area contributed by atoms with E-state index in [4.69, 9.17) is 0 Å². The molecule has 106 valence electrons. The second kappa shape index (κ2) is 5.04. The predicted molar refractivity (Wildman–Crippen MR) is 80.7 cm³/mol. The summed E-state index contributed by atoms with van der Waals surface area (Å²) in [5, 5.41) is 5.78. The van der Waals surface area contributed by atoms with Crippen molar-refractivity contribution in [3.8, 4) is 0 Å². The summed E-state index contributed by atoms with van der Waals surface area (Å²) in [7, 11) is 0. The van der Waals surface area contributed by atoms with Gasteiger partial charge in [0.2, 0.25) is 0 Å². The minimum Gasteiger partial charge on any atom is -0.299 e. The van der Waals surface area contributed by atoms with Crippen LogP contribution in [0.5, 0.6) is 0 Å². The van der Waals surface area contributed by atoms with Crippen LogP contribution in [0.25, 0.3) is 10.9 Å². The van der Waals surface area contributed by atoms with E-state index in [0.717, 1.165) is 36.0 Å². The average molecular weight is 270 g/mol. The average Bonchev–Trinajstić information content (AvgIpc) is 3.05. The van der Waals surface area contributed by atoms with Crippen LogP contribution < -0.4 is 0 Å². The van der Waals surface area contributed by atoms with Gasteiger partial charge in [-0.25, -0.2) is 0 Å². The van der Waals surface area contributed by atoms with Crippen LogP contribution in [-0.2, 0) is 17.8 Å². The Morgan fingerprint density at radius 1 is 1.30 bits per heavy atom. The van der Waals surface area contributed by atoms with Crippen molar-refractivity contribution in [3.63, 3.8) is 0 Å². The molecule has 1 fully saturated rings. The number of aromatic nitrogens is 2. The normalized spacial score (nSPS) is 17.7. The third-order valence-corrected chi connectivity index (χ3v) is 4.74. The molecule has 0 aliphatic heterocycles. The molecule has 3 nitrogen and oxygen atoms in total. The molecule has 1 aromatic carbocycles. The molecule has 2 aromatic rings. The second-order valence-corrected chi connectivity index (χ2v) is 6.15. The summed E-state index contributed by atoms with van der Waals surface area (Å²) in [6.07, 6.45) is 4.93. The Morgan fingerprint density at radius 3 is 2.70 bits per heavy atom. The lowest BCUT2D eigenvalue weighted by molar-refractivity contribution is -0.127. The van der Waals surface area contributed by atoms with E-state index in [1.54, 1.807) is 0 Å². The summed E-state index contributed by atoms with van der Waals surface area (Å²) in [5.41, 5.74) is 1.96. The van der Waals surface area contributed by atoms with Gasteiger partial charge in [0, 0.05) is 17.3 Å². The van der Waals surface area contributed by atoms with E-state index >= 15 is 0 Å². The van der Waals surface area contributed by atoms with E-state index in [-0.39, 0.29) is 5.41 Å². The maximum absolute atomic E-state index is 12.6.